The van der Waals surface area contributed by atoms with E-state index in [-0.39, 0.29) is 18.4 Å². The van der Waals surface area contributed by atoms with Crippen molar-refractivity contribution in [3.63, 3.8) is 0 Å². The predicted octanol–water partition coefficient (Wildman–Crippen LogP) is 3.28. The number of aliphatic hydroxyl groups excluding tert-OH is 1. The van der Waals surface area contributed by atoms with Gasteiger partial charge in [-0.25, -0.2) is 0 Å². The summed E-state index contributed by atoms with van der Waals surface area (Å²) in [7, 11) is 0. The Kier molecular flexibility index (Phi) is 7.44. The molecular formula is C14H24ClNO. The van der Waals surface area contributed by atoms with Crippen LogP contribution in [0.1, 0.15) is 48.9 Å². The maximum Gasteiger partial charge on any atom is 0.0732 e. The fraction of sp³-hybridized carbons (Fsp3) is 0.571. The van der Waals surface area contributed by atoms with E-state index in [4.69, 9.17) is 5.73 Å². The molecule has 0 bridgehead atoms. The van der Waals surface area contributed by atoms with Crippen molar-refractivity contribution >= 4 is 12.4 Å². The van der Waals surface area contributed by atoms with Gasteiger partial charge in [-0.2, -0.15) is 0 Å². The van der Waals surface area contributed by atoms with Crippen molar-refractivity contribution in [1.29, 1.82) is 0 Å². The Morgan fingerprint density at radius 2 is 1.94 bits per heavy atom. The largest absolute Gasteiger partial charge is 0.391 e. The molecule has 0 heterocycles. The molecule has 3 heteroatoms. The lowest BCUT2D eigenvalue weighted by Gasteiger charge is -2.21. The third-order valence-corrected chi connectivity index (χ3v) is 3.27. The molecular weight excluding hydrogens is 234 g/mol. The first-order valence-corrected chi connectivity index (χ1v) is 6.07. The van der Waals surface area contributed by atoms with E-state index in [1.54, 1.807) is 0 Å². The average Bonchev–Trinajstić information content (AvgIpc) is 2.28. The summed E-state index contributed by atoms with van der Waals surface area (Å²) in [6.45, 7) is 6.26. The molecule has 1 rings (SSSR count). The fourth-order valence-electron chi connectivity index (χ4n) is 1.93. The molecule has 0 aliphatic rings. The lowest BCUT2D eigenvalue weighted by molar-refractivity contribution is 0.132. The average molecular weight is 258 g/mol. The SMILES string of the molecule is CCCC[C@@H](O)[C@@H](N)c1cccc(C)c1C.Cl. The van der Waals surface area contributed by atoms with Crippen molar-refractivity contribution < 1.29 is 5.11 Å². The van der Waals surface area contributed by atoms with E-state index in [2.05, 4.69) is 26.8 Å². The molecule has 0 amide bonds. The first-order valence-electron chi connectivity index (χ1n) is 6.07. The Hall–Kier alpha value is -0.570. The van der Waals surface area contributed by atoms with Gasteiger partial charge in [0.25, 0.3) is 0 Å². The zero-order chi connectivity index (χ0) is 12.1. The molecule has 0 unspecified atom stereocenters. The molecule has 1 aromatic carbocycles. The van der Waals surface area contributed by atoms with Crippen molar-refractivity contribution in [1.82, 2.24) is 0 Å². The Morgan fingerprint density at radius 3 is 2.53 bits per heavy atom. The fourth-order valence-corrected chi connectivity index (χ4v) is 1.93. The van der Waals surface area contributed by atoms with Crippen LogP contribution in [0.25, 0.3) is 0 Å². The first-order chi connectivity index (χ1) is 7.57. The minimum Gasteiger partial charge on any atom is -0.391 e. The Bertz CT molecular complexity index is 341. The first kappa shape index (κ1) is 16.4. The van der Waals surface area contributed by atoms with Crippen LogP contribution in [-0.2, 0) is 0 Å². The quantitative estimate of drug-likeness (QED) is 0.850. The maximum atomic E-state index is 9.99. The number of aliphatic hydroxyl groups is 1. The van der Waals surface area contributed by atoms with Gasteiger partial charge in [0.1, 0.15) is 0 Å². The third-order valence-electron chi connectivity index (χ3n) is 3.27. The minimum atomic E-state index is -0.430. The van der Waals surface area contributed by atoms with Crippen LogP contribution in [0.2, 0.25) is 0 Å². The van der Waals surface area contributed by atoms with Crippen LogP contribution in [0.15, 0.2) is 18.2 Å². The lowest BCUT2D eigenvalue weighted by atomic mass is 9.93. The molecule has 0 spiro atoms. The van der Waals surface area contributed by atoms with Crippen LogP contribution in [0.3, 0.4) is 0 Å². The molecule has 3 N–H and O–H groups in total. The second-order valence-corrected chi connectivity index (χ2v) is 4.52. The molecule has 1 aromatic rings. The lowest BCUT2D eigenvalue weighted by Crippen LogP contribution is -2.27. The smallest absolute Gasteiger partial charge is 0.0732 e. The minimum absolute atomic E-state index is 0. The highest BCUT2D eigenvalue weighted by atomic mass is 35.5. The van der Waals surface area contributed by atoms with Gasteiger partial charge in [-0.15, -0.1) is 12.4 Å². The van der Waals surface area contributed by atoms with Crippen molar-refractivity contribution in [3.8, 4) is 0 Å². The van der Waals surface area contributed by atoms with Crippen molar-refractivity contribution in [2.75, 3.05) is 0 Å². The zero-order valence-corrected chi connectivity index (χ0v) is 11.8. The van der Waals surface area contributed by atoms with E-state index in [9.17, 15) is 5.11 Å². The van der Waals surface area contributed by atoms with Gasteiger partial charge in [0.15, 0.2) is 0 Å². The number of hydrogen-bond acceptors (Lipinski definition) is 2. The highest BCUT2D eigenvalue weighted by Crippen LogP contribution is 2.23. The van der Waals surface area contributed by atoms with Crippen LogP contribution in [-0.4, -0.2) is 11.2 Å². The molecule has 0 saturated heterocycles. The zero-order valence-electron chi connectivity index (χ0n) is 10.9. The third kappa shape index (κ3) is 4.30. The summed E-state index contributed by atoms with van der Waals surface area (Å²) < 4.78 is 0. The summed E-state index contributed by atoms with van der Waals surface area (Å²) in [6.07, 6.45) is 2.47. The van der Waals surface area contributed by atoms with Gasteiger partial charge in [0, 0.05) is 0 Å². The number of halogens is 1. The van der Waals surface area contributed by atoms with Gasteiger partial charge in [0.2, 0.25) is 0 Å². The number of nitrogens with two attached hydrogens (primary N) is 1. The number of rotatable bonds is 5. The predicted molar refractivity (Wildman–Crippen MR) is 75.6 cm³/mol. The van der Waals surface area contributed by atoms with Crippen LogP contribution in [0, 0.1) is 13.8 Å². The number of unbranched alkanes of at least 4 members (excludes halogenated alkanes) is 1. The van der Waals surface area contributed by atoms with Gasteiger partial charge < -0.3 is 10.8 Å². The Morgan fingerprint density at radius 1 is 1.29 bits per heavy atom. The molecule has 2 nitrogen and oxygen atoms in total. The van der Waals surface area contributed by atoms with E-state index in [0.717, 1.165) is 24.8 Å². The molecule has 0 aromatic heterocycles. The second-order valence-electron chi connectivity index (χ2n) is 4.52. The van der Waals surface area contributed by atoms with Crippen LogP contribution in [0.4, 0.5) is 0 Å². The van der Waals surface area contributed by atoms with Gasteiger partial charge in [-0.05, 0) is 37.0 Å². The van der Waals surface area contributed by atoms with Crippen LogP contribution < -0.4 is 5.73 Å². The summed E-state index contributed by atoms with van der Waals surface area (Å²) in [5.74, 6) is 0. The van der Waals surface area contributed by atoms with E-state index < -0.39 is 6.10 Å². The van der Waals surface area contributed by atoms with Crippen LogP contribution >= 0.6 is 12.4 Å². The summed E-state index contributed by atoms with van der Waals surface area (Å²) in [5, 5.41) is 9.99. The van der Waals surface area contributed by atoms with Crippen LogP contribution in [0.5, 0.6) is 0 Å². The second kappa shape index (κ2) is 7.70. The number of hydrogen-bond donors (Lipinski definition) is 2. The molecule has 0 radical (unpaired) electrons. The van der Waals surface area contributed by atoms with Gasteiger partial charge in [-0.1, -0.05) is 38.0 Å². The van der Waals surface area contributed by atoms with Crippen molar-refractivity contribution in [2.24, 2.45) is 5.73 Å². The molecule has 2 atom stereocenters. The summed E-state index contributed by atoms with van der Waals surface area (Å²) in [5.41, 5.74) is 9.60. The maximum absolute atomic E-state index is 9.99. The van der Waals surface area contributed by atoms with E-state index >= 15 is 0 Å². The highest BCUT2D eigenvalue weighted by molar-refractivity contribution is 5.85. The number of benzene rings is 1. The van der Waals surface area contributed by atoms with Gasteiger partial charge >= 0.3 is 0 Å². The van der Waals surface area contributed by atoms with E-state index in [0.29, 0.717) is 0 Å². The number of aryl methyl sites for hydroxylation is 1. The Balaban J connectivity index is 0.00000256. The molecule has 0 saturated carbocycles. The highest BCUT2D eigenvalue weighted by Gasteiger charge is 2.18. The molecule has 0 fully saturated rings. The summed E-state index contributed by atoms with van der Waals surface area (Å²) in [4.78, 5) is 0. The molecule has 17 heavy (non-hydrogen) atoms. The van der Waals surface area contributed by atoms with E-state index in [1.807, 2.05) is 12.1 Å². The van der Waals surface area contributed by atoms with E-state index in [1.165, 1.54) is 11.1 Å². The van der Waals surface area contributed by atoms with Crippen molar-refractivity contribution in [3.05, 3.63) is 34.9 Å². The molecule has 98 valence electrons. The topological polar surface area (TPSA) is 46.2 Å². The van der Waals surface area contributed by atoms with Crippen molar-refractivity contribution in [2.45, 2.75) is 52.2 Å². The molecule has 0 aliphatic carbocycles. The monoisotopic (exact) mass is 257 g/mol. The molecule has 0 aliphatic heterocycles. The Labute approximate surface area is 111 Å². The van der Waals surface area contributed by atoms with Gasteiger partial charge in [0.05, 0.1) is 12.1 Å². The standard InChI is InChI=1S/C14H23NO.ClH/c1-4-5-9-13(16)14(15)12-8-6-7-10(2)11(12)3;/h6-8,13-14,16H,4-5,9,15H2,1-3H3;1H/t13-,14+;/m1./s1. The van der Waals surface area contributed by atoms with Gasteiger partial charge in [-0.3, -0.25) is 0 Å². The normalized spacial score (nSPS) is 13.9. The summed E-state index contributed by atoms with van der Waals surface area (Å²) >= 11 is 0. The summed E-state index contributed by atoms with van der Waals surface area (Å²) in [6, 6.07) is 5.84.